The largest absolute Gasteiger partial charge is 0.357 e. The molecule has 0 unspecified atom stereocenters. The smallest absolute Gasteiger partial charge is 0.222 e. The first kappa shape index (κ1) is 23.6. The second kappa shape index (κ2) is 12.1. The minimum Gasteiger partial charge on any atom is -0.357 e. The third-order valence-corrected chi connectivity index (χ3v) is 5.83. The lowest BCUT2D eigenvalue weighted by molar-refractivity contribution is -0.128. The lowest BCUT2D eigenvalue weighted by Crippen LogP contribution is -2.36. The number of guanidine groups is 1. The van der Waals surface area contributed by atoms with Crippen molar-refractivity contribution >= 4 is 47.2 Å². The fourth-order valence-electron chi connectivity index (χ4n) is 3.11. The molecule has 0 radical (unpaired) electrons. The first-order valence-electron chi connectivity index (χ1n) is 9.99. The molecule has 1 amide bonds. The molecular formula is C21H30IN5OS. The van der Waals surface area contributed by atoms with Crippen LogP contribution in [0.5, 0.6) is 0 Å². The summed E-state index contributed by atoms with van der Waals surface area (Å²) >= 11 is 1.74. The zero-order chi connectivity index (χ0) is 19.8. The van der Waals surface area contributed by atoms with E-state index in [-0.39, 0.29) is 29.9 Å². The van der Waals surface area contributed by atoms with Gasteiger partial charge in [0, 0.05) is 37.1 Å². The molecule has 158 valence electrons. The molecule has 0 aliphatic carbocycles. The first-order valence-corrected chi connectivity index (χ1v) is 10.8. The van der Waals surface area contributed by atoms with E-state index in [9.17, 15) is 4.79 Å². The monoisotopic (exact) mass is 527 g/mol. The summed E-state index contributed by atoms with van der Waals surface area (Å²) in [5.41, 5.74) is 2.32. The number of aromatic nitrogens is 1. The number of rotatable bonds is 8. The lowest BCUT2D eigenvalue weighted by Gasteiger charge is -2.15. The van der Waals surface area contributed by atoms with Gasteiger partial charge in [-0.05, 0) is 30.9 Å². The van der Waals surface area contributed by atoms with Crippen molar-refractivity contribution in [2.24, 2.45) is 4.99 Å². The van der Waals surface area contributed by atoms with Crippen LogP contribution in [0, 0.1) is 0 Å². The normalized spacial score (nSPS) is 14.1. The number of carbonyl (C=O) groups is 1. The number of amides is 1. The van der Waals surface area contributed by atoms with Gasteiger partial charge in [-0.25, -0.2) is 9.98 Å². The van der Waals surface area contributed by atoms with Gasteiger partial charge >= 0.3 is 0 Å². The summed E-state index contributed by atoms with van der Waals surface area (Å²) in [4.78, 5) is 24.1. The fourth-order valence-corrected chi connectivity index (χ4v) is 3.91. The van der Waals surface area contributed by atoms with Gasteiger partial charge in [-0.3, -0.25) is 4.79 Å². The van der Waals surface area contributed by atoms with E-state index >= 15 is 0 Å². The summed E-state index contributed by atoms with van der Waals surface area (Å²) in [6.45, 7) is 7.89. The Labute approximate surface area is 194 Å². The number of benzene rings is 1. The van der Waals surface area contributed by atoms with Gasteiger partial charge in [0.25, 0.3) is 0 Å². The van der Waals surface area contributed by atoms with E-state index in [4.69, 9.17) is 0 Å². The predicted octanol–water partition coefficient (Wildman–Crippen LogP) is 3.70. The summed E-state index contributed by atoms with van der Waals surface area (Å²) < 4.78 is 0. The minimum atomic E-state index is 0. The van der Waals surface area contributed by atoms with Gasteiger partial charge in [-0.2, -0.15) is 0 Å². The van der Waals surface area contributed by atoms with Crippen molar-refractivity contribution in [3.63, 3.8) is 0 Å². The molecule has 1 aliphatic heterocycles. The number of nitrogens with one attached hydrogen (secondary N) is 2. The van der Waals surface area contributed by atoms with Crippen LogP contribution in [-0.2, 0) is 30.8 Å². The van der Waals surface area contributed by atoms with Gasteiger partial charge in [0.2, 0.25) is 5.91 Å². The van der Waals surface area contributed by atoms with E-state index in [2.05, 4.69) is 58.7 Å². The molecule has 29 heavy (non-hydrogen) atoms. The summed E-state index contributed by atoms with van der Waals surface area (Å²) in [7, 11) is 0. The molecule has 1 aromatic carbocycles. The Morgan fingerprint density at radius 3 is 2.59 bits per heavy atom. The van der Waals surface area contributed by atoms with E-state index in [0.29, 0.717) is 26.1 Å². The quantitative estimate of drug-likeness (QED) is 0.312. The van der Waals surface area contributed by atoms with Crippen LogP contribution in [0.2, 0.25) is 0 Å². The maximum atomic E-state index is 11.8. The second-order valence-corrected chi connectivity index (χ2v) is 8.06. The van der Waals surface area contributed by atoms with E-state index < -0.39 is 0 Å². The van der Waals surface area contributed by atoms with Crippen molar-refractivity contribution in [3.8, 4) is 0 Å². The van der Waals surface area contributed by atoms with Crippen LogP contribution in [0.3, 0.4) is 0 Å². The summed E-state index contributed by atoms with van der Waals surface area (Å²) in [5, 5.41) is 7.70. The number of nitrogens with zero attached hydrogens (tertiary/aromatic N) is 3. The molecule has 2 N–H and O–H groups in total. The van der Waals surface area contributed by atoms with Gasteiger partial charge in [0.05, 0.1) is 13.1 Å². The minimum absolute atomic E-state index is 0. The van der Waals surface area contributed by atoms with Crippen molar-refractivity contribution in [2.45, 2.75) is 52.7 Å². The molecule has 1 saturated heterocycles. The highest BCUT2D eigenvalue weighted by Crippen LogP contribution is 2.15. The van der Waals surface area contributed by atoms with Crippen LogP contribution in [0.25, 0.3) is 0 Å². The maximum Gasteiger partial charge on any atom is 0.222 e. The molecule has 8 heteroatoms. The predicted molar refractivity (Wildman–Crippen MR) is 130 cm³/mol. The molecule has 1 aromatic heterocycles. The Kier molecular flexibility index (Phi) is 9.86. The third kappa shape index (κ3) is 7.26. The molecule has 0 spiro atoms. The Balaban J connectivity index is 0.00000300. The summed E-state index contributed by atoms with van der Waals surface area (Å²) in [6, 6.07) is 8.38. The van der Waals surface area contributed by atoms with Crippen LogP contribution in [-0.4, -0.2) is 34.8 Å². The van der Waals surface area contributed by atoms with Gasteiger partial charge in [-0.1, -0.05) is 31.2 Å². The molecule has 6 nitrogen and oxygen atoms in total. The highest BCUT2D eigenvalue weighted by molar-refractivity contribution is 14.0. The van der Waals surface area contributed by atoms with Crippen molar-refractivity contribution < 1.29 is 4.79 Å². The molecular weight excluding hydrogens is 497 g/mol. The average molecular weight is 527 g/mol. The SMILES string of the molecule is CCNC(=NCc1ccc(CN2CCCC2=O)cc1)NCc1ncc(CC)s1.I. The number of hydrogen-bond acceptors (Lipinski definition) is 4. The number of thiazole rings is 1. The number of aliphatic imine (C=N–C) groups is 1. The first-order chi connectivity index (χ1) is 13.7. The van der Waals surface area contributed by atoms with Gasteiger partial charge in [0.1, 0.15) is 5.01 Å². The van der Waals surface area contributed by atoms with Crippen LogP contribution < -0.4 is 10.6 Å². The van der Waals surface area contributed by atoms with Gasteiger partial charge < -0.3 is 15.5 Å². The average Bonchev–Trinajstić information content (AvgIpc) is 3.34. The molecule has 0 bridgehead atoms. The highest BCUT2D eigenvalue weighted by atomic mass is 127. The zero-order valence-corrected chi connectivity index (χ0v) is 20.3. The Morgan fingerprint density at radius 2 is 1.97 bits per heavy atom. The van der Waals surface area contributed by atoms with Crippen molar-refractivity contribution in [3.05, 3.63) is 51.5 Å². The fraction of sp³-hybridized carbons (Fsp3) is 0.476. The molecule has 0 atom stereocenters. The highest BCUT2D eigenvalue weighted by Gasteiger charge is 2.19. The molecule has 0 saturated carbocycles. The van der Waals surface area contributed by atoms with Crippen molar-refractivity contribution in [1.82, 2.24) is 20.5 Å². The number of likely N-dealkylation sites (tertiary alicyclic amines) is 1. The Bertz CT molecular complexity index is 806. The third-order valence-electron chi connectivity index (χ3n) is 4.69. The number of carbonyl (C=O) groups excluding carboxylic acids is 1. The van der Waals surface area contributed by atoms with Crippen LogP contribution in [0.4, 0.5) is 0 Å². The second-order valence-electron chi connectivity index (χ2n) is 6.86. The number of aryl methyl sites for hydroxylation is 1. The summed E-state index contributed by atoms with van der Waals surface area (Å²) in [6.07, 6.45) is 4.64. The van der Waals surface area contributed by atoms with Gasteiger partial charge in [0.15, 0.2) is 5.96 Å². The molecule has 1 fully saturated rings. The Morgan fingerprint density at radius 1 is 1.21 bits per heavy atom. The Hall–Kier alpha value is -1.68. The van der Waals surface area contributed by atoms with Crippen molar-refractivity contribution in [2.75, 3.05) is 13.1 Å². The molecule has 1 aliphatic rings. The van der Waals surface area contributed by atoms with Crippen LogP contribution in [0.15, 0.2) is 35.5 Å². The summed E-state index contributed by atoms with van der Waals surface area (Å²) in [5.74, 6) is 1.06. The molecule has 3 rings (SSSR count). The maximum absolute atomic E-state index is 11.8. The lowest BCUT2D eigenvalue weighted by atomic mass is 10.1. The standard InChI is InChI=1S/C21H29N5OS.HI/c1-3-18-13-23-19(28-18)14-25-21(22-4-2)24-12-16-7-9-17(10-8-16)15-26-11-5-6-20(26)27;/h7-10,13H,3-6,11-12,14-15H2,1-2H3,(H2,22,24,25);1H. The van der Waals surface area contributed by atoms with E-state index in [1.807, 2.05) is 11.1 Å². The van der Waals surface area contributed by atoms with E-state index in [1.54, 1.807) is 11.3 Å². The van der Waals surface area contributed by atoms with E-state index in [0.717, 1.165) is 42.5 Å². The number of halogens is 1. The van der Waals surface area contributed by atoms with Crippen LogP contribution in [0.1, 0.15) is 47.7 Å². The molecule has 2 heterocycles. The number of hydrogen-bond donors (Lipinski definition) is 2. The van der Waals surface area contributed by atoms with E-state index in [1.165, 1.54) is 10.4 Å². The molecule has 2 aromatic rings. The topological polar surface area (TPSA) is 69.6 Å². The van der Waals surface area contributed by atoms with Crippen LogP contribution >= 0.6 is 35.3 Å². The van der Waals surface area contributed by atoms with Crippen molar-refractivity contribution in [1.29, 1.82) is 0 Å². The van der Waals surface area contributed by atoms with Gasteiger partial charge in [-0.15, -0.1) is 35.3 Å². The zero-order valence-electron chi connectivity index (χ0n) is 17.1.